The number of aromatic nitrogens is 2. The van der Waals surface area contributed by atoms with E-state index in [4.69, 9.17) is 9.78 Å². The van der Waals surface area contributed by atoms with Crippen molar-refractivity contribution in [1.29, 1.82) is 5.26 Å². The molecule has 0 saturated heterocycles. The Morgan fingerprint density at radius 3 is 2.89 bits per heavy atom. The molecule has 1 aromatic heterocycles. The van der Waals surface area contributed by atoms with Gasteiger partial charge in [-0.1, -0.05) is 11.2 Å². The van der Waals surface area contributed by atoms with Crippen molar-refractivity contribution < 1.29 is 12.9 Å². The Morgan fingerprint density at radius 1 is 1.47 bits per heavy atom. The fourth-order valence-electron chi connectivity index (χ4n) is 1.38. The third kappa shape index (κ3) is 3.15. The highest BCUT2D eigenvalue weighted by molar-refractivity contribution is 7.89. The van der Waals surface area contributed by atoms with Gasteiger partial charge in [0.05, 0.1) is 23.1 Å². The fourth-order valence-corrected chi connectivity index (χ4v) is 2.40. The molecule has 1 aromatic carbocycles. The van der Waals surface area contributed by atoms with Crippen LogP contribution in [-0.2, 0) is 16.6 Å². The number of sulfonamides is 1. The summed E-state index contributed by atoms with van der Waals surface area (Å²) < 4.78 is 31.1. The predicted molar refractivity (Wildman–Crippen MR) is 64.2 cm³/mol. The molecule has 2 aromatic rings. The summed E-state index contributed by atoms with van der Waals surface area (Å²) in [5.74, 6) is 0.609. The zero-order valence-corrected chi connectivity index (χ0v) is 10.8. The maximum Gasteiger partial charge on any atom is 0.241 e. The van der Waals surface area contributed by atoms with Crippen molar-refractivity contribution in [3.8, 4) is 6.07 Å². The van der Waals surface area contributed by atoms with E-state index in [0.717, 1.165) is 0 Å². The van der Waals surface area contributed by atoms with Crippen molar-refractivity contribution in [1.82, 2.24) is 14.9 Å². The van der Waals surface area contributed by atoms with Crippen LogP contribution in [0.3, 0.4) is 0 Å². The molecule has 1 heterocycles. The minimum atomic E-state index is -3.71. The van der Waals surface area contributed by atoms with Crippen molar-refractivity contribution in [2.24, 2.45) is 0 Å². The first-order valence-corrected chi connectivity index (χ1v) is 6.78. The number of nitrogens with zero attached hydrogens (tertiary/aromatic N) is 3. The van der Waals surface area contributed by atoms with E-state index in [0.29, 0.717) is 5.82 Å². The molecule has 8 heteroatoms. The van der Waals surface area contributed by atoms with Crippen LogP contribution in [0.5, 0.6) is 0 Å². The van der Waals surface area contributed by atoms with Gasteiger partial charge in [-0.05, 0) is 25.1 Å². The second-order valence-electron chi connectivity index (χ2n) is 3.70. The van der Waals surface area contributed by atoms with Crippen LogP contribution in [-0.4, -0.2) is 18.6 Å². The van der Waals surface area contributed by atoms with Gasteiger partial charge in [0.25, 0.3) is 0 Å². The summed E-state index contributed by atoms with van der Waals surface area (Å²) in [5.41, 5.74) is 0.275. The number of benzene rings is 1. The predicted octanol–water partition coefficient (Wildman–Crippen LogP) is 0.728. The zero-order chi connectivity index (χ0) is 13.9. The van der Waals surface area contributed by atoms with Crippen LogP contribution in [0.1, 0.15) is 17.3 Å². The molecule has 0 amide bonds. The number of hydrogen-bond donors (Lipinski definition) is 1. The van der Waals surface area contributed by atoms with Crippen LogP contribution in [0.4, 0.5) is 0 Å². The molecule has 0 spiro atoms. The van der Waals surface area contributed by atoms with E-state index < -0.39 is 10.0 Å². The Labute approximate surface area is 109 Å². The summed E-state index contributed by atoms with van der Waals surface area (Å²) in [6.45, 7) is 1.54. The highest BCUT2D eigenvalue weighted by Crippen LogP contribution is 2.11. The second kappa shape index (κ2) is 5.17. The Hall–Kier alpha value is -2.24. The third-order valence-corrected chi connectivity index (χ3v) is 3.66. The normalized spacial score (nSPS) is 11.2. The lowest BCUT2D eigenvalue weighted by atomic mass is 10.2. The SMILES string of the molecule is Cc1noc(CNS(=O)(=O)c2cccc(C#N)c2)n1. The molecular weight excluding hydrogens is 268 g/mol. The van der Waals surface area contributed by atoms with Gasteiger partial charge in [0.2, 0.25) is 15.9 Å². The van der Waals surface area contributed by atoms with Gasteiger partial charge in [-0.15, -0.1) is 0 Å². The van der Waals surface area contributed by atoms with Crippen molar-refractivity contribution >= 4 is 10.0 Å². The largest absolute Gasteiger partial charge is 0.338 e. The van der Waals surface area contributed by atoms with Gasteiger partial charge in [0, 0.05) is 0 Å². The van der Waals surface area contributed by atoms with Gasteiger partial charge in [-0.2, -0.15) is 10.2 Å². The first-order valence-electron chi connectivity index (χ1n) is 5.30. The molecule has 0 aliphatic carbocycles. The monoisotopic (exact) mass is 278 g/mol. The lowest BCUT2D eigenvalue weighted by Gasteiger charge is -2.04. The third-order valence-electron chi connectivity index (χ3n) is 2.26. The lowest BCUT2D eigenvalue weighted by molar-refractivity contribution is 0.372. The number of rotatable bonds is 4. The molecule has 2 rings (SSSR count). The van der Waals surface area contributed by atoms with Gasteiger partial charge in [-0.25, -0.2) is 13.1 Å². The minimum absolute atomic E-state index is 0.0165. The van der Waals surface area contributed by atoms with E-state index >= 15 is 0 Å². The number of aryl methyl sites for hydroxylation is 1. The van der Waals surface area contributed by atoms with Crippen LogP contribution < -0.4 is 4.72 Å². The summed E-state index contributed by atoms with van der Waals surface area (Å²) in [7, 11) is -3.71. The first kappa shape index (κ1) is 13.2. The van der Waals surface area contributed by atoms with Crippen molar-refractivity contribution in [3.05, 3.63) is 41.5 Å². The van der Waals surface area contributed by atoms with Crippen LogP contribution in [0.2, 0.25) is 0 Å². The van der Waals surface area contributed by atoms with Gasteiger partial charge in [0.1, 0.15) is 0 Å². The van der Waals surface area contributed by atoms with E-state index in [1.807, 2.05) is 6.07 Å². The average molecular weight is 278 g/mol. The highest BCUT2D eigenvalue weighted by Gasteiger charge is 2.15. The lowest BCUT2D eigenvalue weighted by Crippen LogP contribution is -2.23. The van der Waals surface area contributed by atoms with Gasteiger partial charge >= 0.3 is 0 Å². The van der Waals surface area contributed by atoms with Crippen LogP contribution >= 0.6 is 0 Å². The van der Waals surface area contributed by atoms with Crippen molar-refractivity contribution in [2.75, 3.05) is 0 Å². The molecule has 0 atom stereocenters. The second-order valence-corrected chi connectivity index (χ2v) is 5.47. The Morgan fingerprint density at radius 2 is 2.26 bits per heavy atom. The average Bonchev–Trinajstić information content (AvgIpc) is 2.82. The minimum Gasteiger partial charge on any atom is -0.338 e. The molecule has 0 radical (unpaired) electrons. The van der Waals surface area contributed by atoms with Gasteiger partial charge < -0.3 is 4.52 Å². The molecule has 0 bridgehead atoms. The first-order chi connectivity index (χ1) is 9.01. The molecule has 0 unspecified atom stereocenters. The van der Waals surface area contributed by atoms with E-state index in [2.05, 4.69) is 14.9 Å². The number of nitrogens with one attached hydrogen (secondary N) is 1. The van der Waals surface area contributed by atoms with E-state index in [9.17, 15) is 8.42 Å². The maximum atomic E-state index is 12.0. The summed E-state index contributed by atoms with van der Waals surface area (Å²) in [5, 5.41) is 12.3. The smallest absolute Gasteiger partial charge is 0.241 e. The molecule has 0 saturated carbocycles. The summed E-state index contributed by atoms with van der Waals surface area (Å²) >= 11 is 0. The molecule has 98 valence electrons. The van der Waals surface area contributed by atoms with Crippen LogP contribution in [0, 0.1) is 18.3 Å². The Kier molecular flexibility index (Phi) is 3.59. The molecule has 0 fully saturated rings. The topological polar surface area (TPSA) is 109 Å². The van der Waals surface area contributed by atoms with Crippen LogP contribution in [0.25, 0.3) is 0 Å². The summed E-state index contributed by atoms with van der Waals surface area (Å²) in [4.78, 5) is 3.90. The summed E-state index contributed by atoms with van der Waals surface area (Å²) in [6, 6.07) is 7.61. The maximum absolute atomic E-state index is 12.0. The zero-order valence-electron chi connectivity index (χ0n) is 9.99. The quantitative estimate of drug-likeness (QED) is 0.882. The Bertz CT molecular complexity index is 730. The van der Waals surface area contributed by atoms with Crippen molar-refractivity contribution in [3.63, 3.8) is 0 Å². The van der Waals surface area contributed by atoms with E-state index in [-0.39, 0.29) is 22.9 Å². The standard InChI is InChI=1S/C11H10N4O3S/c1-8-14-11(18-15-8)7-13-19(16,17)10-4-2-3-9(5-10)6-12/h2-5,13H,7H2,1H3. The molecule has 7 nitrogen and oxygen atoms in total. The molecule has 0 aliphatic rings. The van der Waals surface area contributed by atoms with Gasteiger partial charge in [0.15, 0.2) is 5.82 Å². The molecule has 1 N–H and O–H groups in total. The number of nitriles is 1. The van der Waals surface area contributed by atoms with E-state index in [1.165, 1.54) is 24.3 Å². The van der Waals surface area contributed by atoms with Crippen molar-refractivity contribution in [2.45, 2.75) is 18.4 Å². The van der Waals surface area contributed by atoms with E-state index in [1.54, 1.807) is 6.92 Å². The number of hydrogen-bond acceptors (Lipinski definition) is 6. The molecule has 19 heavy (non-hydrogen) atoms. The highest BCUT2D eigenvalue weighted by atomic mass is 32.2. The molecular formula is C11H10N4O3S. The summed E-state index contributed by atoms with van der Waals surface area (Å²) in [6.07, 6.45) is 0. The van der Waals surface area contributed by atoms with Gasteiger partial charge in [-0.3, -0.25) is 0 Å². The fraction of sp³-hybridized carbons (Fsp3) is 0.182. The van der Waals surface area contributed by atoms with Crippen LogP contribution in [0.15, 0.2) is 33.7 Å². The molecule has 0 aliphatic heterocycles. The Balaban J connectivity index is 2.16.